The first-order valence-electron chi connectivity index (χ1n) is 6.88. The van der Waals surface area contributed by atoms with Crippen LogP contribution in [0.15, 0.2) is 0 Å². The van der Waals surface area contributed by atoms with Gasteiger partial charge in [-0.2, -0.15) is 0 Å². The van der Waals surface area contributed by atoms with Gasteiger partial charge in [0, 0.05) is 31.3 Å². The molecule has 0 radical (unpaired) electrons. The van der Waals surface area contributed by atoms with E-state index in [-0.39, 0.29) is 18.0 Å². The van der Waals surface area contributed by atoms with Crippen molar-refractivity contribution in [3.05, 3.63) is 20.2 Å². The van der Waals surface area contributed by atoms with Crippen molar-refractivity contribution in [1.29, 1.82) is 0 Å². The summed E-state index contributed by atoms with van der Waals surface area (Å²) in [5.41, 5.74) is -0.931. The van der Waals surface area contributed by atoms with Crippen molar-refractivity contribution in [1.82, 2.24) is 0 Å². The van der Waals surface area contributed by atoms with Crippen LogP contribution in [0.5, 0.6) is 0 Å². The van der Waals surface area contributed by atoms with Crippen LogP contribution in [0.3, 0.4) is 0 Å². The lowest BCUT2D eigenvalue weighted by Gasteiger charge is -2.19. The minimum Gasteiger partial charge on any atom is -0.396 e. The average Bonchev–Trinajstić information content (AvgIpc) is 2.33. The zero-order chi connectivity index (χ0) is 16.0. The Morgan fingerprint density at radius 1 is 1.00 bits per heavy atom. The number of rotatable bonds is 10. The molecule has 1 atom stereocenters. The number of aliphatic hydroxyl groups excluding tert-OH is 1. The Kier molecular flexibility index (Phi) is 13.1. The lowest BCUT2D eigenvalue weighted by molar-refractivity contribution is -0.742. The van der Waals surface area contributed by atoms with Crippen LogP contribution in [-0.4, -0.2) is 32.5 Å². The van der Waals surface area contributed by atoms with Gasteiger partial charge in [0.2, 0.25) is 5.54 Å². The number of nitrogens with zero attached hydrogens (tertiary/aromatic N) is 2. The summed E-state index contributed by atoms with van der Waals surface area (Å²) < 4.78 is 0. The summed E-state index contributed by atoms with van der Waals surface area (Å²) in [4.78, 5) is 19.0. The van der Waals surface area contributed by atoms with Gasteiger partial charge in [0.05, 0.1) is 0 Å². The van der Waals surface area contributed by atoms with Crippen molar-refractivity contribution in [2.24, 2.45) is 0 Å². The summed E-state index contributed by atoms with van der Waals surface area (Å²) >= 11 is 0. The highest BCUT2D eigenvalue weighted by atomic mass is 16.9. The molecule has 2 N–H and O–H groups in total. The zero-order valence-electron chi connectivity index (χ0n) is 12.3. The monoisotopic (exact) mass is 294 g/mol. The van der Waals surface area contributed by atoms with E-state index in [9.17, 15) is 10.1 Å². The predicted octanol–water partition coefficient (Wildman–Crippen LogP) is 2.81. The molecule has 120 valence electrons. The number of nitro groups is 1. The van der Waals surface area contributed by atoms with E-state index in [1.165, 1.54) is 25.7 Å². The maximum Gasteiger partial charge on any atom is 0.291 e. The fraction of sp³-hybridized carbons (Fsp3) is 1.00. The van der Waals surface area contributed by atoms with E-state index in [0.29, 0.717) is 6.42 Å². The molecule has 20 heavy (non-hydrogen) atoms. The second-order valence-electron chi connectivity index (χ2n) is 4.98. The first-order chi connectivity index (χ1) is 9.30. The molecule has 0 saturated heterocycles. The van der Waals surface area contributed by atoms with Crippen molar-refractivity contribution >= 4 is 0 Å². The minimum atomic E-state index is -1.50. The quantitative estimate of drug-likeness (QED) is 0.362. The van der Waals surface area contributed by atoms with Gasteiger partial charge in [-0.15, -0.1) is 10.1 Å². The van der Waals surface area contributed by atoms with Gasteiger partial charge >= 0.3 is 0 Å². The average molecular weight is 294 g/mol. The van der Waals surface area contributed by atoms with Crippen LogP contribution in [0.1, 0.15) is 65.2 Å². The number of aliphatic hydroxyl groups is 1. The van der Waals surface area contributed by atoms with E-state index >= 15 is 0 Å². The van der Waals surface area contributed by atoms with E-state index in [4.69, 9.17) is 20.4 Å². The molecule has 0 amide bonds. The molecule has 0 aromatic heterocycles. The van der Waals surface area contributed by atoms with Gasteiger partial charge in [-0.05, 0) is 6.42 Å². The van der Waals surface area contributed by atoms with Gasteiger partial charge in [-0.25, -0.2) is 0 Å². The van der Waals surface area contributed by atoms with Gasteiger partial charge in [0.15, 0.2) is 0 Å². The highest BCUT2D eigenvalue weighted by Gasteiger charge is 2.35. The predicted molar refractivity (Wildman–Crippen MR) is 73.9 cm³/mol. The summed E-state index contributed by atoms with van der Waals surface area (Å²) in [5.74, 6) is 0. The molecular weight excluding hydrogens is 268 g/mol. The first-order valence-corrected chi connectivity index (χ1v) is 6.88. The molecule has 0 bridgehead atoms. The molecule has 0 aliphatic carbocycles. The largest absolute Gasteiger partial charge is 0.396 e. The molecule has 1 unspecified atom stereocenters. The summed E-state index contributed by atoms with van der Waals surface area (Å²) in [6.45, 7) is 3.70. The van der Waals surface area contributed by atoms with E-state index in [1.54, 1.807) is 6.92 Å². The summed E-state index contributed by atoms with van der Waals surface area (Å²) in [5, 5.41) is 33.3. The van der Waals surface area contributed by atoms with Crippen molar-refractivity contribution in [3.8, 4) is 0 Å². The fourth-order valence-electron chi connectivity index (χ4n) is 1.83. The van der Waals surface area contributed by atoms with Gasteiger partial charge in [-0.1, -0.05) is 39.0 Å². The molecule has 0 rings (SSSR count). The molecule has 0 aliphatic rings. The Bertz CT molecular complexity index is 271. The summed E-state index contributed by atoms with van der Waals surface area (Å²) in [6, 6.07) is 0. The van der Waals surface area contributed by atoms with Crippen LogP contribution in [0.4, 0.5) is 0 Å². The second-order valence-corrected chi connectivity index (χ2v) is 4.98. The summed E-state index contributed by atoms with van der Waals surface area (Å²) in [7, 11) is 0. The molecule has 0 heterocycles. The lowest BCUT2D eigenvalue weighted by Crippen LogP contribution is -2.35. The Morgan fingerprint density at radius 2 is 1.45 bits per heavy atom. The molecule has 0 aromatic carbocycles. The number of unbranched alkanes of at least 4 members (excludes halogenated alkanes) is 5. The minimum absolute atomic E-state index is 0.104. The van der Waals surface area contributed by atoms with Crippen LogP contribution in [-0.2, 0) is 0 Å². The Balaban J connectivity index is 0. The lowest BCUT2D eigenvalue weighted by atomic mass is 9.91. The number of hydrogen-bond donors (Lipinski definition) is 2. The van der Waals surface area contributed by atoms with Gasteiger partial charge in [-0.3, -0.25) is 10.1 Å². The van der Waals surface area contributed by atoms with Crippen molar-refractivity contribution in [2.75, 3.05) is 6.61 Å². The molecule has 8 heteroatoms. The molecule has 0 aromatic rings. The fourth-order valence-corrected chi connectivity index (χ4v) is 1.83. The third-order valence-corrected chi connectivity index (χ3v) is 3.16. The SMILES string of the molecule is CCCCCCCCC(C)(CCO)[N+](=O)[O-].O=[N+]([O-])O. The van der Waals surface area contributed by atoms with Crippen LogP contribution in [0.2, 0.25) is 0 Å². The van der Waals surface area contributed by atoms with Crippen LogP contribution < -0.4 is 0 Å². The molecule has 8 nitrogen and oxygen atoms in total. The summed E-state index contributed by atoms with van der Waals surface area (Å²) in [6.07, 6.45) is 7.66. The second kappa shape index (κ2) is 12.6. The normalized spacial score (nSPS) is 12.9. The molecule has 0 aliphatic heterocycles. The van der Waals surface area contributed by atoms with E-state index < -0.39 is 10.6 Å². The van der Waals surface area contributed by atoms with Gasteiger partial charge in [0.25, 0.3) is 5.09 Å². The van der Waals surface area contributed by atoms with Crippen LogP contribution in [0.25, 0.3) is 0 Å². The topological polar surface area (TPSA) is 127 Å². The molecule has 0 spiro atoms. The van der Waals surface area contributed by atoms with Gasteiger partial charge < -0.3 is 10.3 Å². The Labute approximate surface area is 119 Å². The smallest absolute Gasteiger partial charge is 0.291 e. The van der Waals surface area contributed by atoms with Gasteiger partial charge in [0.1, 0.15) is 0 Å². The molecule has 0 fully saturated rings. The van der Waals surface area contributed by atoms with Crippen molar-refractivity contribution in [2.45, 2.75) is 70.8 Å². The van der Waals surface area contributed by atoms with Crippen LogP contribution >= 0.6 is 0 Å². The maximum atomic E-state index is 10.9. The van der Waals surface area contributed by atoms with E-state index in [2.05, 4.69) is 6.92 Å². The highest BCUT2D eigenvalue weighted by molar-refractivity contribution is 4.73. The Hall–Kier alpha value is -1.44. The number of hydrogen-bond acceptors (Lipinski definition) is 5. The zero-order valence-corrected chi connectivity index (χ0v) is 12.3. The van der Waals surface area contributed by atoms with Crippen molar-refractivity contribution in [3.63, 3.8) is 0 Å². The standard InChI is InChI=1S/C12H25NO3.HNO3/c1-3-4-5-6-7-8-9-12(2,10-11-14)13(15)16;2-1(3)4/h14H,3-11H2,1-2H3;(H,2,3,4). The maximum absolute atomic E-state index is 10.9. The highest BCUT2D eigenvalue weighted by Crippen LogP contribution is 2.22. The first kappa shape index (κ1) is 20.9. The van der Waals surface area contributed by atoms with Crippen LogP contribution in [0, 0.1) is 20.2 Å². The van der Waals surface area contributed by atoms with E-state index in [1.807, 2.05) is 0 Å². The molecular formula is C12H26N2O6. The third kappa shape index (κ3) is 13.0. The van der Waals surface area contributed by atoms with Crippen molar-refractivity contribution < 1.29 is 20.3 Å². The molecule has 0 saturated carbocycles. The Morgan fingerprint density at radius 3 is 1.85 bits per heavy atom. The van der Waals surface area contributed by atoms with E-state index in [0.717, 1.165) is 12.8 Å². The third-order valence-electron chi connectivity index (χ3n) is 3.16.